The second-order valence-electron chi connectivity index (χ2n) is 4.91. The summed E-state index contributed by atoms with van der Waals surface area (Å²) >= 11 is 0. The van der Waals surface area contributed by atoms with E-state index in [0.29, 0.717) is 6.04 Å². The average Bonchev–Trinajstić information content (AvgIpc) is 2.71. The van der Waals surface area contributed by atoms with Gasteiger partial charge in [-0.1, -0.05) is 5.16 Å². The Morgan fingerprint density at radius 1 is 1.43 bits per heavy atom. The summed E-state index contributed by atoms with van der Waals surface area (Å²) in [5, 5.41) is 4.00. The second kappa shape index (κ2) is 2.79. The molecular weight excluding hydrogens is 178 g/mol. The molecule has 0 aliphatic carbocycles. The molecule has 0 spiro atoms. The fraction of sp³-hybridized carbons (Fsp3) is 0.800. The van der Waals surface area contributed by atoms with Crippen molar-refractivity contribution < 1.29 is 9.01 Å². The molecule has 4 heterocycles. The van der Waals surface area contributed by atoms with Crippen LogP contribution in [0, 0.1) is 5.92 Å². The van der Waals surface area contributed by atoms with E-state index in [2.05, 4.69) is 17.2 Å². The summed E-state index contributed by atoms with van der Waals surface area (Å²) < 4.78 is 5.97. The van der Waals surface area contributed by atoms with Gasteiger partial charge in [-0.25, -0.2) is 0 Å². The van der Waals surface area contributed by atoms with E-state index in [4.69, 9.17) is 4.52 Å². The maximum absolute atomic E-state index is 4.85. The van der Waals surface area contributed by atoms with E-state index in [1.807, 2.05) is 0 Å². The highest BCUT2D eigenvalue weighted by Crippen LogP contribution is 2.43. The van der Waals surface area contributed by atoms with Crippen molar-refractivity contribution in [3.8, 4) is 0 Å². The monoisotopic (exact) mass is 194 g/mol. The molecule has 1 atom stereocenters. The van der Waals surface area contributed by atoms with Crippen molar-refractivity contribution in [1.82, 2.24) is 10.1 Å². The van der Waals surface area contributed by atoms with E-state index < -0.39 is 0 Å². The van der Waals surface area contributed by atoms with Crippen LogP contribution >= 0.6 is 0 Å². The van der Waals surface area contributed by atoms with Crippen LogP contribution in [0.15, 0.2) is 10.9 Å². The number of hydrogen-bond acceptors (Lipinski definition) is 3. The summed E-state index contributed by atoms with van der Waals surface area (Å²) in [6, 6.07) is 0.487. The number of fused-ring (bicyclic) bond motifs is 3. The third-order valence-electron chi connectivity index (χ3n) is 4.08. The average molecular weight is 194 g/mol. The molecule has 3 aliphatic rings. The summed E-state index contributed by atoms with van der Waals surface area (Å²) in [7, 11) is 2.33. The summed E-state index contributed by atoms with van der Waals surface area (Å²) in [5.74, 6) is 1.82. The molecule has 1 aromatic rings. The van der Waals surface area contributed by atoms with Crippen LogP contribution in [-0.2, 0) is 0 Å². The first kappa shape index (κ1) is 8.41. The fourth-order valence-electron chi connectivity index (χ4n) is 3.04. The van der Waals surface area contributed by atoms with Crippen molar-refractivity contribution in [2.45, 2.75) is 25.3 Å². The first-order valence-corrected chi connectivity index (χ1v) is 5.38. The van der Waals surface area contributed by atoms with Gasteiger partial charge in [0.2, 0.25) is 12.2 Å². The number of hydrogen-bond donors (Lipinski definition) is 0. The molecule has 4 rings (SSSR count). The van der Waals surface area contributed by atoms with Gasteiger partial charge in [0.15, 0.2) is 6.04 Å². The Labute approximate surface area is 83.5 Å². The van der Waals surface area contributed by atoms with Gasteiger partial charge >= 0.3 is 0 Å². The Morgan fingerprint density at radius 3 is 2.79 bits per heavy atom. The minimum Gasteiger partial charge on any atom is -0.343 e. The summed E-state index contributed by atoms with van der Waals surface area (Å²) in [5.41, 5.74) is 0. The zero-order valence-corrected chi connectivity index (χ0v) is 8.52. The minimum atomic E-state index is 0.487. The highest BCUT2D eigenvalue weighted by atomic mass is 16.5. The summed E-state index contributed by atoms with van der Waals surface area (Å²) in [4.78, 5) is 4.21. The molecule has 1 aromatic heterocycles. The normalized spacial score (nSPS) is 41.5. The Bertz CT molecular complexity index is 314. The molecule has 0 radical (unpaired) electrons. The van der Waals surface area contributed by atoms with Gasteiger partial charge < -0.3 is 9.01 Å². The van der Waals surface area contributed by atoms with Crippen molar-refractivity contribution in [2.75, 3.05) is 20.1 Å². The molecule has 4 nitrogen and oxygen atoms in total. The lowest BCUT2D eigenvalue weighted by atomic mass is 9.81. The van der Waals surface area contributed by atoms with Gasteiger partial charge in [0.25, 0.3) is 0 Å². The molecule has 3 saturated heterocycles. The van der Waals surface area contributed by atoms with Crippen LogP contribution in [-0.4, -0.2) is 34.8 Å². The lowest BCUT2D eigenvalue weighted by Gasteiger charge is -2.50. The highest BCUT2D eigenvalue weighted by molar-refractivity contribution is 4.92. The zero-order chi connectivity index (χ0) is 9.60. The second-order valence-corrected chi connectivity index (χ2v) is 4.91. The molecule has 0 amide bonds. The maximum atomic E-state index is 4.85. The van der Waals surface area contributed by atoms with Crippen LogP contribution in [0.1, 0.15) is 31.1 Å². The van der Waals surface area contributed by atoms with Crippen LogP contribution in [0.25, 0.3) is 0 Å². The van der Waals surface area contributed by atoms with Gasteiger partial charge in [-0.3, -0.25) is 0 Å². The Morgan fingerprint density at radius 2 is 2.21 bits per heavy atom. The lowest BCUT2D eigenvalue weighted by Crippen LogP contribution is -2.57. The number of piperidine rings is 3. The number of aromatic nitrogens is 2. The number of quaternary nitrogens is 1. The zero-order valence-electron chi connectivity index (χ0n) is 8.52. The van der Waals surface area contributed by atoms with Crippen LogP contribution in [0.5, 0.6) is 0 Å². The van der Waals surface area contributed by atoms with Crippen molar-refractivity contribution in [1.29, 1.82) is 0 Å². The van der Waals surface area contributed by atoms with Gasteiger partial charge in [-0.15, -0.1) is 0 Å². The quantitative estimate of drug-likeness (QED) is 0.634. The molecule has 1 unspecified atom stereocenters. The molecule has 0 saturated carbocycles. The van der Waals surface area contributed by atoms with E-state index in [1.54, 1.807) is 0 Å². The van der Waals surface area contributed by atoms with E-state index in [9.17, 15) is 0 Å². The third-order valence-corrected chi connectivity index (χ3v) is 4.08. The lowest BCUT2D eigenvalue weighted by molar-refractivity contribution is -0.955. The molecule has 3 aliphatic heterocycles. The predicted octanol–water partition coefficient (Wildman–Crippen LogP) is 1.37. The molecule has 0 N–H and O–H groups in total. The molecule has 14 heavy (non-hydrogen) atoms. The largest absolute Gasteiger partial charge is 0.343 e. The van der Waals surface area contributed by atoms with Crippen molar-refractivity contribution in [3.63, 3.8) is 0 Å². The number of rotatable bonds is 1. The first-order chi connectivity index (χ1) is 6.78. The predicted molar refractivity (Wildman–Crippen MR) is 50.3 cm³/mol. The molecule has 2 bridgehead atoms. The van der Waals surface area contributed by atoms with Crippen molar-refractivity contribution in [3.05, 3.63) is 12.2 Å². The maximum Gasteiger partial charge on any atom is 0.229 e. The molecule has 0 aromatic carbocycles. The van der Waals surface area contributed by atoms with Crippen LogP contribution in [0.2, 0.25) is 0 Å². The van der Waals surface area contributed by atoms with Crippen LogP contribution in [0.4, 0.5) is 0 Å². The Hall–Kier alpha value is -0.900. The van der Waals surface area contributed by atoms with E-state index in [0.717, 1.165) is 16.2 Å². The SMILES string of the molecule is C[N+]12CCC(CC1)CC2c1ncon1. The van der Waals surface area contributed by atoms with E-state index in [-0.39, 0.29) is 0 Å². The standard InChI is InChI=1S/C10H16N3O/c1-13-4-2-8(3-5-13)6-9(13)10-11-7-14-12-10/h7-9H,2-6H2,1H3/q+1. The first-order valence-electron chi connectivity index (χ1n) is 5.38. The molecule has 3 fully saturated rings. The Kier molecular flexibility index (Phi) is 1.68. The van der Waals surface area contributed by atoms with Crippen LogP contribution < -0.4 is 0 Å². The topological polar surface area (TPSA) is 38.9 Å². The van der Waals surface area contributed by atoms with Gasteiger partial charge in [0.1, 0.15) is 0 Å². The van der Waals surface area contributed by atoms with Gasteiger partial charge in [-0.05, 0) is 18.8 Å². The Balaban J connectivity index is 1.93. The van der Waals surface area contributed by atoms with Crippen molar-refractivity contribution >= 4 is 0 Å². The minimum absolute atomic E-state index is 0.487. The highest BCUT2D eigenvalue weighted by Gasteiger charge is 2.47. The molecular formula is C10H16N3O+. The van der Waals surface area contributed by atoms with Crippen molar-refractivity contribution in [2.24, 2.45) is 5.92 Å². The smallest absolute Gasteiger partial charge is 0.229 e. The number of nitrogens with zero attached hydrogens (tertiary/aromatic N) is 3. The van der Waals surface area contributed by atoms with Gasteiger partial charge in [0.05, 0.1) is 20.1 Å². The summed E-state index contributed by atoms with van der Waals surface area (Å²) in [6.45, 7) is 2.56. The van der Waals surface area contributed by atoms with E-state index in [1.165, 1.54) is 38.7 Å². The summed E-state index contributed by atoms with van der Waals surface area (Å²) in [6.07, 6.45) is 5.45. The van der Waals surface area contributed by atoms with E-state index >= 15 is 0 Å². The third kappa shape index (κ3) is 1.10. The fourth-order valence-corrected chi connectivity index (χ4v) is 3.04. The molecule has 4 heteroatoms. The van der Waals surface area contributed by atoms with Crippen LogP contribution in [0.3, 0.4) is 0 Å². The molecule has 76 valence electrons. The van der Waals surface area contributed by atoms with Gasteiger partial charge in [0, 0.05) is 6.42 Å². The van der Waals surface area contributed by atoms with Gasteiger partial charge in [-0.2, -0.15) is 4.98 Å².